The van der Waals surface area contributed by atoms with Crippen LogP contribution in [0.1, 0.15) is 69.0 Å². The number of likely N-dealkylation sites (tertiary alicyclic amines) is 1. The molecule has 0 aromatic heterocycles. The van der Waals surface area contributed by atoms with Crippen molar-refractivity contribution in [2.75, 3.05) is 13.1 Å². The number of rotatable bonds is 4. The maximum Gasteiger partial charge on any atom is 0.0482 e. The number of hydrogen-bond donors (Lipinski definition) is 1. The van der Waals surface area contributed by atoms with Crippen molar-refractivity contribution in [2.24, 2.45) is 5.73 Å². The molecule has 0 spiro atoms. The quantitative estimate of drug-likeness (QED) is 0.905. The van der Waals surface area contributed by atoms with Gasteiger partial charge in [-0.25, -0.2) is 0 Å². The predicted molar refractivity (Wildman–Crippen MR) is 89.4 cm³/mol. The Bertz CT molecular complexity index is 456. The first-order chi connectivity index (χ1) is 10.3. The first-order valence-electron chi connectivity index (χ1n) is 8.86. The summed E-state index contributed by atoms with van der Waals surface area (Å²) >= 11 is 0. The molecule has 2 heteroatoms. The van der Waals surface area contributed by atoms with E-state index < -0.39 is 0 Å². The lowest BCUT2D eigenvalue weighted by Crippen LogP contribution is -2.55. The number of aryl methyl sites for hydroxylation is 1. The van der Waals surface area contributed by atoms with Crippen LogP contribution in [0.15, 0.2) is 24.3 Å². The van der Waals surface area contributed by atoms with Crippen LogP contribution in [-0.4, -0.2) is 23.5 Å². The Kier molecular flexibility index (Phi) is 4.66. The highest BCUT2D eigenvalue weighted by Gasteiger charge is 2.45. The van der Waals surface area contributed by atoms with Crippen LogP contribution in [0.2, 0.25) is 0 Å². The number of piperidine rings is 1. The van der Waals surface area contributed by atoms with Crippen LogP contribution in [0.25, 0.3) is 0 Å². The van der Waals surface area contributed by atoms with Gasteiger partial charge in [-0.1, -0.05) is 50.5 Å². The Balaban J connectivity index is 1.88. The number of benzene rings is 1. The van der Waals surface area contributed by atoms with Crippen LogP contribution in [0.4, 0.5) is 0 Å². The SMILES string of the molecule is CCc1cccc(C(N)C2(N3CCCCC3)CCCC2)c1. The van der Waals surface area contributed by atoms with E-state index in [1.807, 2.05) is 0 Å². The molecular formula is C19H30N2. The van der Waals surface area contributed by atoms with E-state index >= 15 is 0 Å². The molecule has 3 rings (SSSR count). The molecule has 1 aliphatic heterocycles. The van der Waals surface area contributed by atoms with Crippen LogP contribution in [0.3, 0.4) is 0 Å². The highest BCUT2D eigenvalue weighted by Crippen LogP contribution is 2.44. The molecule has 2 fully saturated rings. The highest BCUT2D eigenvalue weighted by molar-refractivity contribution is 5.29. The zero-order valence-corrected chi connectivity index (χ0v) is 13.5. The second-order valence-electron chi connectivity index (χ2n) is 6.93. The van der Waals surface area contributed by atoms with Gasteiger partial charge in [0.05, 0.1) is 0 Å². The van der Waals surface area contributed by atoms with Crippen LogP contribution < -0.4 is 5.73 Å². The van der Waals surface area contributed by atoms with Crippen molar-refractivity contribution in [1.29, 1.82) is 0 Å². The second-order valence-corrected chi connectivity index (χ2v) is 6.93. The lowest BCUT2D eigenvalue weighted by molar-refractivity contribution is 0.0478. The second kappa shape index (κ2) is 6.50. The van der Waals surface area contributed by atoms with E-state index in [1.54, 1.807) is 0 Å². The molecule has 1 aliphatic carbocycles. The van der Waals surface area contributed by atoms with Gasteiger partial charge in [0.25, 0.3) is 0 Å². The van der Waals surface area contributed by atoms with E-state index in [2.05, 4.69) is 36.1 Å². The van der Waals surface area contributed by atoms with Gasteiger partial charge in [-0.15, -0.1) is 0 Å². The van der Waals surface area contributed by atoms with E-state index in [0.29, 0.717) is 0 Å². The van der Waals surface area contributed by atoms with Gasteiger partial charge in [0.1, 0.15) is 0 Å². The number of hydrogen-bond acceptors (Lipinski definition) is 2. The third kappa shape index (κ3) is 2.89. The Hall–Kier alpha value is -0.860. The maximum atomic E-state index is 6.85. The van der Waals surface area contributed by atoms with Crippen LogP contribution >= 0.6 is 0 Å². The molecule has 116 valence electrons. The number of nitrogens with zero attached hydrogens (tertiary/aromatic N) is 1. The Morgan fingerprint density at radius 3 is 2.48 bits per heavy atom. The van der Waals surface area contributed by atoms with E-state index in [9.17, 15) is 0 Å². The zero-order valence-electron chi connectivity index (χ0n) is 13.5. The monoisotopic (exact) mass is 286 g/mol. The lowest BCUT2D eigenvalue weighted by Gasteiger charge is -2.47. The minimum Gasteiger partial charge on any atom is -0.322 e. The molecule has 1 aromatic rings. The van der Waals surface area contributed by atoms with Gasteiger partial charge < -0.3 is 5.73 Å². The van der Waals surface area contributed by atoms with E-state index in [0.717, 1.165) is 6.42 Å². The highest BCUT2D eigenvalue weighted by atomic mass is 15.2. The molecule has 2 N–H and O–H groups in total. The average Bonchev–Trinajstić information content (AvgIpc) is 3.06. The minimum absolute atomic E-state index is 0.171. The summed E-state index contributed by atoms with van der Waals surface area (Å²) in [4.78, 5) is 2.74. The molecule has 21 heavy (non-hydrogen) atoms. The molecule has 1 aromatic carbocycles. The molecule has 2 aliphatic rings. The van der Waals surface area contributed by atoms with Crippen LogP contribution in [-0.2, 0) is 6.42 Å². The van der Waals surface area contributed by atoms with E-state index in [-0.39, 0.29) is 11.6 Å². The Morgan fingerprint density at radius 1 is 1.10 bits per heavy atom. The van der Waals surface area contributed by atoms with Crippen LogP contribution in [0, 0.1) is 0 Å². The normalized spacial score (nSPS) is 24.1. The summed E-state index contributed by atoms with van der Waals surface area (Å²) in [6.45, 7) is 4.73. The first kappa shape index (κ1) is 15.1. The zero-order chi connectivity index (χ0) is 14.7. The van der Waals surface area contributed by atoms with Gasteiger partial charge in [-0.2, -0.15) is 0 Å². The third-order valence-electron chi connectivity index (χ3n) is 5.75. The van der Waals surface area contributed by atoms with Crippen molar-refractivity contribution in [2.45, 2.75) is 69.9 Å². The molecule has 0 bridgehead atoms. The molecule has 1 unspecified atom stereocenters. The molecule has 1 saturated carbocycles. The van der Waals surface area contributed by atoms with E-state index in [4.69, 9.17) is 5.73 Å². The molecular weight excluding hydrogens is 256 g/mol. The fraction of sp³-hybridized carbons (Fsp3) is 0.684. The third-order valence-corrected chi connectivity index (χ3v) is 5.75. The summed E-state index contributed by atoms with van der Waals surface area (Å²) in [6.07, 6.45) is 10.4. The van der Waals surface area contributed by atoms with Gasteiger partial charge in [-0.05, 0) is 56.3 Å². The summed E-state index contributed by atoms with van der Waals surface area (Å²) in [6, 6.07) is 9.16. The summed E-state index contributed by atoms with van der Waals surface area (Å²) < 4.78 is 0. The van der Waals surface area contributed by atoms with Crippen molar-refractivity contribution >= 4 is 0 Å². The van der Waals surface area contributed by atoms with Gasteiger partial charge in [-0.3, -0.25) is 4.90 Å². The van der Waals surface area contributed by atoms with Crippen molar-refractivity contribution in [3.8, 4) is 0 Å². The predicted octanol–water partition coefficient (Wildman–Crippen LogP) is 4.05. The van der Waals surface area contributed by atoms with Gasteiger partial charge in [0, 0.05) is 11.6 Å². The largest absolute Gasteiger partial charge is 0.322 e. The fourth-order valence-electron chi connectivity index (χ4n) is 4.47. The van der Waals surface area contributed by atoms with Gasteiger partial charge in [0.2, 0.25) is 0 Å². The molecule has 1 saturated heterocycles. The summed E-state index contributed by atoms with van der Waals surface area (Å²) in [5.41, 5.74) is 9.84. The van der Waals surface area contributed by atoms with Crippen molar-refractivity contribution in [3.05, 3.63) is 35.4 Å². The lowest BCUT2D eigenvalue weighted by atomic mass is 9.81. The van der Waals surface area contributed by atoms with Crippen LogP contribution in [0.5, 0.6) is 0 Å². The standard InChI is InChI=1S/C19H30N2/c1-2-16-9-8-10-17(15-16)18(20)19(11-4-5-12-19)21-13-6-3-7-14-21/h8-10,15,18H,2-7,11-14,20H2,1H3. The van der Waals surface area contributed by atoms with Gasteiger partial charge >= 0.3 is 0 Å². The molecule has 0 radical (unpaired) electrons. The molecule has 1 heterocycles. The molecule has 0 amide bonds. The van der Waals surface area contributed by atoms with E-state index in [1.165, 1.54) is 69.2 Å². The summed E-state index contributed by atoms with van der Waals surface area (Å²) in [5, 5.41) is 0. The minimum atomic E-state index is 0.171. The Morgan fingerprint density at radius 2 is 1.81 bits per heavy atom. The summed E-state index contributed by atoms with van der Waals surface area (Å²) in [5.74, 6) is 0. The van der Waals surface area contributed by atoms with Crippen molar-refractivity contribution < 1.29 is 0 Å². The number of nitrogens with two attached hydrogens (primary N) is 1. The molecule has 1 atom stereocenters. The van der Waals surface area contributed by atoms with Gasteiger partial charge in [0.15, 0.2) is 0 Å². The maximum absolute atomic E-state index is 6.85. The fourth-order valence-corrected chi connectivity index (χ4v) is 4.47. The smallest absolute Gasteiger partial charge is 0.0482 e. The molecule has 2 nitrogen and oxygen atoms in total. The first-order valence-corrected chi connectivity index (χ1v) is 8.86. The Labute approximate surface area is 129 Å². The average molecular weight is 286 g/mol. The van der Waals surface area contributed by atoms with Crippen molar-refractivity contribution in [3.63, 3.8) is 0 Å². The summed E-state index contributed by atoms with van der Waals surface area (Å²) in [7, 11) is 0. The topological polar surface area (TPSA) is 29.3 Å². The van der Waals surface area contributed by atoms with Crippen molar-refractivity contribution in [1.82, 2.24) is 4.90 Å².